The lowest BCUT2D eigenvalue weighted by molar-refractivity contribution is 0.355. The minimum absolute atomic E-state index is 0.228. The van der Waals surface area contributed by atoms with E-state index in [1.807, 2.05) is 0 Å². The van der Waals surface area contributed by atoms with Crippen LogP contribution in [0.1, 0.15) is 96.8 Å². The zero-order valence-electron chi connectivity index (χ0n) is 20.4. The lowest BCUT2D eigenvalue weighted by atomic mass is 10.0. The van der Waals surface area contributed by atoms with Crippen molar-refractivity contribution in [3.05, 3.63) is 27.2 Å². The van der Waals surface area contributed by atoms with Crippen molar-refractivity contribution < 1.29 is 4.74 Å². The van der Waals surface area contributed by atoms with Crippen molar-refractivity contribution in [3.63, 3.8) is 0 Å². The molecule has 0 amide bonds. The Kier molecular flexibility index (Phi) is 9.57. The molecule has 3 rings (SSSR count). The monoisotopic (exact) mass is 446 g/mol. The van der Waals surface area contributed by atoms with E-state index < -0.39 is 0 Å². The van der Waals surface area contributed by atoms with E-state index in [1.165, 1.54) is 86.2 Å². The van der Waals surface area contributed by atoms with Crippen LogP contribution in [-0.4, -0.2) is 30.9 Å². The van der Waals surface area contributed by atoms with Crippen molar-refractivity contribution in [2.45, 2.75) is 116 Å². The van der Waals surface area contributed by atoms with Crippen LogP contribution in [-0.2, 0) is 25.4 Å². The topological polar surface area (TPSA) is 74.3 Å². The average molecular weight is 447 g/mol. The lowest BCUT2D eigenvalue weighted by Gasteiger charge is -2.08. The second-order valence-electron chi connectivity index (χ2n) is 9.48. The van der Waals surface area contributed by atoms with Crippen LogP contribution in [0.3, 0.4) is 0 Å². The number of hydrogen-bond acceptors (Lipinski definition) is 4. The van der Waals surface area contributed by atoms with Crippen molar-refractivity contribution in [1.82, 2.24) is 18.7 Å². The molecule has 1 saturated heterocycles. The van der Waals surface area contributed by atoms with Gasteiger partial charge in [-0.15, -0.1) is 0 Å². The second-order valence-corrected chi connectivity index (χ2v) is 9.48. The van der Waals surface area contributed by atoms with Crippen molar-refractivity contribution in [2.75, 3.05) is 0 Å². The number of ether oxygens (including phenoxy) is 1. The maximum Gasteiger partial charge on any atom is 0.332 e. The number of hydrogen-bond donors (Lipinski definition) is 0. The predicted molar refractivity (Wildman–Crippen MR) is 129 cm³/mol. The van der Waals surface area contributed by atoms with Gasteiger partial charge in [-0.05, 0) is 19.3 Å². The minimum Gasteiger partial charge on any atom is -0.370 e. The normalized spacial score (nSPS) is 18.0. The fourth-order valence-corrected chi connectivity index (χ4v) is 4.77. The molecule has 0 aromatic carbocycles. The Morgan fingerprint density at radius 3 is 1.97 bits per heavy atom. The number of nitrogens with zero attached hydrogens (tertiary/aromatic N) is 4. The Hall–Kier alpha value is -1.89. The molecule has 1 aliphatic rings. The molecule has 7 heteroatoms. The van der Waals surface area contributed by atoms with Gasteiger partial charge in [0.1, 0.15) is 0 Å². The maximum absolute atomic E-state index is 12.7. The number of unbranched alkanes of at least 4 members (excludes halogenated alkanes) is 11. The molecule has 180 valence electrons. The largest absolute Gasteiger partial charge is 0.370 e. The highest BCUT2D eigenvalue weighted by Gasteiger charge is 2.35. The summed E-state index contributed by atoms with van der Waals surface area (Å²) in [5, 5.41) is 0. The summed E-state index contributed by atoms with van der Waals surface area (Å²) in [6.45, 7) is 2.69. The molecule has 0 N–H and O–H groups in total. The molecule has 1 aliphatic heterocycles. The molecule has 0 aliphatic carbocycles. The maximum atomic E-state index is 12.7. The van der Waals surface area contributed by atoms with Gasteiger partial charge in [0.2, 0.25) is 0 Å². The van der Waals surface area contributed by atoms with Gasteiger partial charge in [-0.1, -0.05) is 77.6 Å². The molecule has 2 aromatic heterocycles. The Morgan fingerprint density at radius 2 is 1.41 bits per heavy atom. The van der Waals surface area contributed by atoms with E-state index in [2.05, 4.69) is 11.9 Å². The summed E-state index contributed by atoms with van der Waals surface area (Å²) in [5.41, 5.74) is 0.451. The SMILES string of the molecule is CCC1OC1CCCCCCCCCCCCCCn1c(=O)c2c(ncn2C)n(C)c1=O. The van der Waals surface area contributed by atoms with Crippen LogP contribution >= 0.6 is 0 Å². The lowest BCUT2D eigenvalue weighted by Crippen LogP contribution is -2.39. The smallest absolute Gasteiger partial charge is 0.332 e. The van der Waals surface area contributed by atoms with Crippen LogP contribution in [0.2, 0.25) is 0 Å². The van der Waals surface area contributed by atoms with Gasteiger partial charge < -0.3 is 9.30 Å². The molecule has 2 unspecified atom stereocenters. The molecule has 0 radical (unpaired) electrons. The Morgan fingerprint density at radius 1 is 0.844 bits per heavy atom. The van der Waals surface area contributed by atoms with Crippen molar-refractivity contribution >= 4 is 11.2 Å². The number of aryl methyl sites for hydroxylation is 2. The molecule has 1 fully saturated rings. The highest BCUT2D eigenvalue weighted by atomic mass is 16.6. The van der Waals surface area contributed by atoms with Gasteiger partial charge >= 0.3 is 5.69 Å². The molecule has 32 heavy (non-hydrogen) atoms. The minimum atomic E-state index is -0.271. The first kappa shape index (κ1) is 24.7. The summed E-state index contributed by atoms with van der Waals surface area (Å²) in [4.78, 5) is 29.3. The van der Waals surface area contributed by atoms with Crippen LogP contribution in [0.15, 0.2) is 15.9 Å². The Labute approximate surface area is 191 Å². The second kappa shape index (κ2) is 12.4. The van der Waals surface area contributed by atoms with Crippen LogP contribution < -0.4 is 11.2 Å². The first-order chi connectivity index (χ1) is 15.5. The summed E-state index contributed by atoms with van der Waals surface area (Å²) in [5.74, 6) is 0. The molecule has 0 saturated carbocycles. The standard InChI is InChI=1S/C25H42N4O3/c1-4-20-21(32-20)17-15-13-11-9-7-5-6-8-10-12-14-16-18-29-24(30)22-23(26-19-27(22)2)28(3)25(29)31/h19-21H,4-18H2,1-3H3. The fraction of sp³-hybridized carbons (Fsp3) is 0.800. The van der Waals surface area contributed by atoms with Crippen LogP contribution in [0.5, 0.6) is 0 Å². The number of fused-ring (bicyclic) bond motifs is 1. The molecule has 3 heterocycles. The molecule has 0 bridgehead atoms. The number of rotatable bonds is 16. The quantitative estimate of drug-likeness (QED) is 0.277. The zero-order valence-corrected chi connectivity index (χ0v) is 20.4. The summed E-state index contributed by atoms with van der Waals surface area (Å²) in [6, 6.07) is 0. The van der Waals surface area contributed by atoms with Crippen LogP contribution in [0.4, 0.5) is 0 Å². The fourth-order valence-electron chi connectivity index (χ4n) is 4.77. The molecule has 0 spiro atoms. The third-order valence-electron chi connectivity index (χ3n) is 6.91. The summed E-state index contributed by atoms with van der Waals surface area (Å²) in [7, 11) is 3.47. The number of aromatic nitrogens is 4. The Bertz CT molecular complexity index is 958. The predicted octanol–water partition coefficient (Wildman–Crippen LogP) is 4.68. The average Bonchev–Trinajstić information content (AvgIpc) is 3.44. The first-order valence-electron chi connectivity index (χ1n) is 12.8. The van der Waals surface area contributed by atoms with Gasteiger partial charge in [0.25, 0.3) is 5.56 Å². The van der Waals surface area contributed by atoms with Gasteiger partial charge in [0.05, 0.1) is 18.5 Å². The van der Waals surface area contributed by atoms with Gasteiger partial charge in [-0.2, -0.15) is 0 Å². The van der Waals surface area contributed by atoms with E-state index in [0.717, 1.165) is 12.8 Å². The van der Waals surface area contributed by atoms with Gasteiger partial charge in [-0.25, -0.2) is 9.78 Å². The summed E-state index contributed by atoms with van der Waals surface area (Å²) < 4.78 is 10.1. The van der Waals surface area contributed by atoms with Crippen molar-refractivity contribution in [3.8, 4) is 0 Å². The summed E-state index contributed by atoms with van der Waals surface area (Å²) in [6.07, 6.45) is 20.3. The van der Waals surface area contributed by atoms with E-state index in [9.17, 15) is 9.59 Å². The third-order valence-corrected chi connectivity index (χ3v) is 6.91. The summed E-state index contributed by atoms with van der Waals surface area (Å²) >= 11 is 0. The van der Waals surface area contributed by atoms with Gasteiger partial charge in [-0.3, -0.25) is 13.9 Å². The molecule has 7 nitrogen and oxygen atoms in total. The van der Waals surface area contributed by atoms with E-state index in [0.29, 0.717) is 29.9 Å². The van der Waals surface area contributed by atoms with Crippen molar-refractivity contribution in [2.24, 2.45) is 14.1 Å². The van der Waals surface area contributed by atoms with E-state index in [4.69, 9.17) is 4.74 Å². The highest BCUT2D eigenvalue weighted by Crippen LogP contribution is 2.29. The molecule has 2 atom stereocenters. The van der Waals surface area contributed by atoms with Crippen LogP contribution in [0, 0.1) is 0 Å². The van der Waals surface area contributed by atoms with Crippen LogP contribution in [0.25, 0.3) is 11.2 Å². The van der Waals surface area contributed by atoms with E-state index in [1.54, 1.807) is 25.0 Å². The van der Waals surface area contributed by atoms with Gasteiger partial charge in [0.15, 0.2) is 11.2 Å². The molecule has 2 aromatic rings. The highest BCUT2D eigenvalue weighted by molar-refractivity contribution is 5.69. The zero-order chi connectivity index (χ0) is 22.9. The number of epoxide rings is 1. The molecular formula is C25H42N4O3. The number of imidazole rings is 1. The van der Waals surface area contributed by atoms with Gasteiger partial charge in [0, 0.05) is 20.6 Å². The molecular weight excluding hydrogens is 404 g/mol. The Balaban J connectivity index is 1.19. The van der Waals surface area contributed by atoms with Crippen molar-refractivity contribution in [1.29, 1.82) is 0 Å². The van der Waals surface area contributed by atoms with E-state index >= 15 is 0 Å². The first-order valence-corrected chi connectivity index (χ1v) is 12.8. The van der Waals surface area contributed by atoms with E-state index in [-0.39, 0.29) is 11.2 Å². The third kappa shape index (κ3) is 6.56.